The maximum Gasteiger partial charge on any atom is 0.248 e. The molecule has 3 heterocycles. The topological polar surface area (TPSA) is 78.6 Å². The SMILES string of the molecule is C=CC(=O)N1CN(C(=O)CCn2cc[n+](CCCCCC)c2)CN(C(=O)CCn2cc[n+](CCCCCC)c2)C1. The molecular weight excluding hydrogens is 506 g/mol. The standard InChI is InChI=1S/C30H49N7O3/c1-4-7-9-11-15-31-19-21-33(23-31)17-13-29(39)36-25-35(28(38)6-3)26-37(27-36)30(40)14-18-34-22-20-32(24-34)16-12-10-8-5-2/h6,19-24H,3-5,7-18,25-27H2,1-2H3/q+2. The van der Waals surface area contributed by atoms with Gasteiger partial charge in [-0.3, -0.25) is 14.4 Å². The number of nitrogens with zero attached hydrogens (tertiary/aromatic N) is 7. The molecule has 1 fully saturated rings. The Morgan fingerprint density at radius 3 is 1.57 bits per heavy atom. The van der Waals surface area contributed by atoms with Crippen LogP contribution in [0.2, 0.25) is 0 Å². The minimum Gasteiger partial charge on any atom is -0.307 e. The van der Waals surface area contributed by atoms with Crippen molar-refractivity contribution in [3.05, 3.63) is 50.1 Å². The number of hydrogen-bond donors (Lipinski definition) is 0. The molecule has 1 aliphatic rings. The van der Waals surface area contributed by atoms with Crippen LogP contribution >= 0.6 is 0 Å². The van der Waals surface area contributed by atoms with Gasteiger partial charge in [-0.15, -0.1) is 0 Å². The number of carbonyl (C=O) groups excluding carboxylic acids is 3. The lowest BCUT2D eigenvalue weighted by Gasteiger charge is -2.41. The van der Waals surface area contributed by atoms with Crippen LogP contribution in [0.25, 0.3) is 0 Å². The fourth-order valence-electron chi connectivity index (χ4n) is 4.95. The van der Waals surface area contributed by atoms with Crippen molar-refractivity contribution < 1.29 is 23.5 Å². The molecule has 3 rings (SSSR count). The van der Waals surface area contributed by atoms with Crippen LogP contribution in [0.1, 0.15) is 78.1 Å². The van der Waals surface area contributed by atoms with Crippen molar-refractivity contribution >= 4 is 17.7 Å². The van der Waals surface area contributed by atoms with E-state index < -0.39 is 0 Å². The van der Waals surface area contributed by atoms with Crippen LogP contribution in [-0.2, 0) is 40.6 Å². The zero-order valence-corrected chi connectivity index (χ0v) is 24.6. The average molecular weight is 556 g/mol. The third-order valence-corrected chi connectivity index (χ3v) is 7.42. The Bertz CT molecular complexity index is 1020. The fourth-order valence-corrected chi connectivity index (χ4v) is 4.95. The van der Waals surface area contributed by atoms with Gasteiger partial charge in [0.2, 0.25) is 30.4 Å². The molecule has 2 aromatic heterocycles. The summed E-state index contributed by atoms with van der Waals surface area (Å²) in [6, 6.07) is 0. The van der Waals surface area contributed by atoms with E-state index in [0.717, 1.165) is 25.9 Å². The first-order chi connectivity index (χ1) is 19.4. The number of hydrogen-bond acceptors (Lipinski definition) is 3. The molecule has 0 spiro atoms. The third-order valence-electron chi connectivity index (χ3n) is 7.42. The summed E-state index contributed by atoms with van der Waals surface area (Å²) >= 11 is 0. The lowest BCUT2D eigenvalue weighted by atomic mass is 10.2. The highest BCUT2D eigenvalue weighted by molar-refractivity contribution is 5.88. The molecular formula is C30H49N7O3+2. The average Bonchev–Trinajstić information content (AvgIpc) is 3.63. The van der Waals surface area contributed by atoms with E-state index in [1.54, 1.807) is 9.80 Å². The highest BCUT2D eigenvalue weighted by Crippen LogP contribution is 2.12. The molecule has 1 aliphatic heterocycles. The van der Waals surface area contributed by atoms with Crippen molar-refractivity contribution in [2.24, 2.45) is 0 Å². The molecule has 0 unspecified atom stereocenters. The lowest BCUT2D eigenvalue weighted by molar-refractivity contribution is -0.697. The van der Waals surface area contributed by atoms with E-state index in [4.69, 9.17) is 0 Å². The normalized spacial score (nSPS) is 13.6. The zero-order valence-electron chi connectivity index (χ0n) is 24.6. The number of amides is 3. The highest BCUT2D eigenvalue weighted by atomic mass is 16.2. The second kappa shape index (κ2) is 16.6. The third kappa shape index (κ3) is 9.95. The van der Waals surface area contributed by atoms with Crippen molar-refractivity contribution in [1.29, 1.82) is 0 Å². The predicted octanol–water partition coefficient (Wildman–Crippen LogP) is 3.06. The molecule has 0 N–H and O–H groups in total. The highest BCUT2D eigenvalue weighted by Gasteiger charge is 2.31. The first kappa shape index (κ1) is 31.1. The van der Waals surface area contributed by atoms with Gasteiger partial charge in [-0.1, -0.05) is 46.1 Å². The molecule has 0 radical (unpaired) electrons. The molecule has 0 saturated carbocycles. The van der Waals surface area contributed by atoms with E-state index in [-0.39, 0.29) is 37.7 Å². The van der Waals surface area contributed by atoms with Gasteiger partial charge in [-0.25, -0.2) is 18.3 Å². The maximum absolute atomic E-state index is 13.2. The molecule has 10 nitrogen and oxygen atoms in total. The smallest absolute Gasteiger partial charge is 0.248 e. The van der Waals surface area contributed by atoms with Gasteiger partial charge in [0.15, 0.2) is 0 Å². The van der Waals surface area contributed by atoms with Crippen LogP contribution in [0, 0.1) is 0 Å². The van der Waals surface area contributed by atoms with E-state index in [1.165, 1.54) is 49.5 Å². The molecule has 3 amide bonds. The lowest BCUT2D eigenvalue weighted by Crippen LogP contribution is -2.59. The minimum atomic E-state index is -0.292. The van der Waals surface area contributed by atoms with Gasteiger partial charge in [-0.05, 0) is 31.8 Å². The van der Waals surface area contributed by atoms with Gasteiger partial charge in [0.25, 0.3) is 0 Å². The van der Waals surface area contributed by atoms with E-state index in [9.17, 15) is 14.4 Å². The van der Waals surface area contributed by atoms with Crippen LogP contribution in [0.15, 0.2) is 50.1 Å². The predicted molar refractivity (Wildman–Crippen MR) is 152 cm³/mol. The Labute approximate surface area is 239 Å². The fraction of sp³-hybridized carbons (Fsp3) is 0.633. The van der Waals surface area contributed by atoms with Crippen LogP contribution in [0.4, 0.5) is 0 Å². The van der Waals surface area contributed by atoms with E-state index in [1.807, 2.05) is 46.6 Å². The summed E-state index contributed by atoms with van der Waals surface area (Å²) in [6.45, 7) is 11.6. The summed E-state index contributed by atoms with van der Waals surface area (Å²) in [5.41, 5.74) is 0. The monoisotopic (exact) mass is 555 g/mol. The van der Waals surface area contributed by atoms with Crippen LogP contribution in [0.5, 0.6) is 0 Å². The molecule has 0 aliphatic carbocycles. The van der Waals surface area contributed by atoms with Gasteiger partial charge in [0.1, 0.15) is 24.8 Å². The van der Waals surface area contributed by atoms with E-state index in [2.05, 4.69) is 29.6 Å². The summed E-state index contributed by atoms with van der Waals surface area (Å²) in [4.78, 5) is 43.4. The van der Waals surface area contributed by atoms with Crippen LogP contribution < -0.4 is 9.13 Å². The Hall–Kier alpha value is -3.43. The van der Waals surface area contributed by atoms with Crippen molar-refractivity contribution in [2.45, 2.75) is 104 Å². The number of unbranched alkanes of at least 4 members (excludes halogenated alkanes) is 6. The Kier molecular flexibility index (Phi) is 12.9. The Morgan fingerprint density at radius 2 is 1.15 bits per heavy atom. The summed E-state index contributed by atoms with van der Waals surface area (Å²) in [6.07, 6.45) is 23.6. The quantitative estimate of drug-likeness (QED) is 0.171. The van der Waals surface area contributed by atoms with E-state index in [0.29, 0.717) is 25.9 Å². The molecule has 0 atom stereocenters. The molecule has 0 aromatic carbocycles. The van der Waals surface area contributed by atoms with Crippen molar-refractivity contribution in [3.8, 4) is 0 Å². The van der Waals surface area contributed by atoms with Gasteiger partial charge in [0.05, 0.1) is 59.0 Å². The van der Waals surface area contributed by atoms with Crippen molar-refractivity contribution in [2.75, 3.05) is 20.0 Å². The molecule has 2 aromatic rings. The van der Waals surface area contributed by atoms with Crippen molar-refractivity contribution in [3.63, 3.8) is 0 Å². The van der Waals surface area contributed by atoms with Gasteiger partial charge < -0.3 is 14.7 Å². The largest absolute Gasteiger partial charge is 0.307 e. The first-order valence-corrected chi connectivity index (χ1v) is 15.0. The zero-order chi connectivity index (χ0) is 28.7. The summed E-state index contributed by atoms with van der Waals surface area (Å²) in [7, 11) is 0. The molecule has 0 bridgehead atoms. The Morgan fingerprint density at radius 1 is 0.700 bits per heavy atom. The second-order valence-electron chi connectivity index (χ2n) is 10.8. The van der Waals surface area contributed by atoms with E-state index >= 15 is 0 Å². The second-order valence-corrected chi connectivity index (χ2v) is 10.8. The van der Waals surface area contributed by atoms with Crippen molar-refractivity contribution in [1.82, 2.24) is 23.8 Å². The number of carbonyl (C=O) groups is 3. The molecule has 1 saturated heterocycles. The number of rotatable bonds is 17. The van der Waals surface area contributed by atoms with Gasteiger partial charge >= 0.3 is 0 Å². The van der Waals surface area contributed by atoms with Gasteiger partial charge in [-0.2, -0.15) is 0 Å². The summed E-state index contributed by atoms with van der Waals surface area (Å²) in [5, 5.41) is 0. The number of aryl methyl sites for hydroxylation is 4. The van der Waals surface area contributed by atoms with Crippen LogP contribution in [-0.4, -0.2) is 61.6 Å². The summed E-state index contributed by atoms with van der Waals surface area (Å²) in [5.74, 6) is -0.464. The molecule has 40 heavy (non-hydrogen) atoms. The maximum atomic E-state index is 13.2. The summed E-state index contributed by atoms with van der Waals surface area (Å²) < 4.78 is 8.35. The number of imidazole rings is 2. The van der Waals surface area contributed by atoms with Crippen LogP contribution in [0.3, 0.4) is 0 Å². The first-order valence-electron chi connectivity index (χ1n) is 15.0. The minimum absolute atomic E-state index is 0.0860. The van der Waals surface area contributed by atoms with Gasteiger partial charge in [0, 0.05) is 0 Å². The molecule has 10 heteroatoms. The number of aromatic nitrogens is 4. The molecule has 220 valence electrons. The Balaban J connectivity index is 1.51.